The van der Waals surface area contributed by atoms with Gasteiger partial charge in [0.05, 0.1) is 22.1 Å². The van der Waals surface area contributed by atoms with Gasteiger partial charge in [-0.2, -0.15) is 0 Å². The summed E-state index contributed by atoms with van der Waals surface area (Å²) in [4.78, 5) is 0. The molecular weight excluding hydrogens is 605 g/mol. The molecule has 2 nitrogen and oxygen atoms in total. The summed E-state index contributed by atoms with van der Waals surface area (Å²) < 4.78 is 5.12. The predicted octanol–water partition coefficient (Wildman–Crippen LogP) is 13.0. The molecule has 10 rings (SSSR count). The normalized spacial score (nSPS) is 15.4. The molecule has 0 saturated heterocycles. The summed E-state index contributed by atoms with van der Waals surface area (Å²) in [7, 11) is 0. The average Bonchev–Trinajstić information content (AvgIpc) is 3.68. The van der Waals surface area contributed by atoms with Crippen LogP contribution in [0.2, 0.25) is 0 Å². The van der Waals surface area contributed by atoms with Gasteiger partial charge in [-0.15, -0.1) is 0 Å². The van der Waals surface area contributed by atoms with E-state index in [2.05, 4.69) is 182 Å². The summed E-state index contributed by atoms with van der Waals surface area (Å²) in [5.41, 5.74) is 13.0. The van der Waals surface area contributed by atoms with E-state index in [0.717, 1.165) is 0 Å². The smallest absolute Gasteiger partial charge is 0.0795 e. The van der Waals surface area contributed by atoms with Gasteiger partial charge in [-0.25, -0.2) is 0 Å². The second-order valence-corrected chi connectivity index (χ2v) is 15.6. The Labute approximate surface area is 293 Å². The zero-order valence-electron chi connectivity index (χ0n) is 29.2. The number of para-hydroxylation sites is 2. The summed E-state index contributed by atoms with van der Waals surface area (Å²) in [6.45, 7) is 9.77. The zero-order chi connectivity index (χ0) is 33.8. The Kier molecular flexibility index (Phi) is 6.13. The summed E-state index contributed by atoms with van der Waals surface area (Å²) >= 11 is 0. The fraction of sp³-hybridized carbons (Fsp3) is 0.167. The van der Waals surface area contributed by atoms with Crippen LogP contribution in [-0.2, 0) is 10.8 Å². The molecule has 1 aliphatic carbocycles. The van der Waals surface area contributed by atoms with Gasteiger partial charge in [0.2, 0.25) is 0 Å². The Morgan fingerprint density at radius 2 is 0.900 bits per heavy atom. The summed E-state index contributed by atoms with van der Waals surface area (Å²) in [5, 5.41) is 7.85. The van der Waals surface area contributed by atoms with Crippen molar-refractivity contribution in [3.63, 3.8) is 0 Å². The lowest BCUT2D eigenvalue weighted by molar-refractivity contribution is 0.332. The van der Waals surface area contributed by atoms with Crippen LogP contribution in [0.1, 0.15) is 51.7 Å². The topological polar surface area (TPSA) is 9.86 Å². The van der Waals surface area contributed by atoms with Crippen LogP contribution in [0.5, 0.6) is 0 Å². The highest BCUT2D eigenvalue weighted by molar-refractivity contribution is 6.36. The molecule has 0 radical (unpaired) electrons. The van der Waals surface area contributed by atoms with E-state index in [-0.39, 0.29) is 10.8 Å². The third kappa shape index (κ3) is 4.08. The van der Waals surface area contributed by atoms with Crippen LogP contribution in [0.3, 0.4) is 0 Å². The van der Waals surface area contributed by atoms with Crippen LogP contribution in [-0.4, -0.2) is 9.13 Å². The third-order valence-electron chi connectivity index (χ3n) is 11.7. The Hall–Kier alpha value is -5.60. The van der Waals surface area contributed by atoms with Crippen LogP contribution >= 0.6 is 0 Å². The van der Waals surface area contributed by atoms with E-state index in [1.54, 1.807) is 0 Å². The maximum Gasteiger partial charge on any atom is 0.0795 e. The van der Waals surface area contributed by atoms with Crippen LogP contribution in [0.15, 0.2) is 146 Å². The first-order valence-electron chi connectivity index (χ1n) is 18.0. The zero-order valence-corrected chi connectivity index (χ0v) is 29.2. The average molecular weight is 645 g/mol. The predicted molar refractivity (Wildman–Crippen MR) is 213 cm³/mol. The van der Waals surface area contributed by atoms with Crippen molar-refractivity contribution >= 4 is 54.4 Å². The van der Waals surface area contributed by atoms with Crippen LogP contribution in [0.4, 0.5) is 0 Å². The molecule has 242 valence electrons. The quantitative estimate of drug-likeness (QED) is 0.181. The van der Waals surface area contributed by atoms with E-state index in [1.807, 2.05) is 0 Å². The molecule has 0 aliphatic heterocycles. The minimum atomic E-state index is 0.0859. The SMILES string of the molecule is CC1(C)CCC(C)(C)c2cc3c(cc21)c1c2ccccc2c2c4ccccc4n(-c4ccccc4)c2c1n3-c1cccc(-c2ccccc2)c1. The van der Waals surface area contributed by atoms with Gasteiger partial charge in [0, 0.05) is 32.9 Å². The van der Waals surface area contributed by atoms with E-state index in [9.17, 15) is 0 Å². The van der Waals surface area contributed by atoms with Crippen molar-refractivity contribution < 1.29 is 0 Å². The number of rotatable bonds is 3. The van der Waals surface area contributed by atoms with Gasteiger partial charge in [0.1, 0.15) is 0 Å². The van der Waals surface area contributed by atoms with Gasteiger partial charge in [-0.05, 0) is 99.2 Å². The van der Waals surface area contributed by atoms with Crippen molar-refractivity contribution in [2.75, 3.05) is 0 Å². The van der Waals surface area contributed by atoms with Crippen molar-refractivity contribution in [1.82, 2.24) is 9.13 Å². The Morgan fingerprint density at radius 1 is 0.400 bits per heavy atom. The standard InChI is InChI=1S/C48H40N2/c1-47(2)26-27-48(3,4)40-30-42-38(29-39(40)47)44-36-23-12-11-22-35(36)43-37-24-13-14-25-41(37)49(33-19-9-6-10-20-33)45(43)46(44)50(42)34-21-15-18-32(28-34)31-16-7-5-8-17-31/h5-25,28-30H,26-27H2,1-4H3. The van der Waals surface area contributed by atoms with Gasteiger partial charge in [-0.3, -0.25) is 0 Å². The number of benzene rings is 7. The van der Waals surface area contributed by atoms with Gasteiger partial charge < -0.3 is 9.13 Å². The molecule has 0 spiro atoms. The lowest BCUT2D eigenvalue weighted by atomic mass is 9.63. The fourth-order valence-electron chi connectivity index (χ4n) is 9.07. The molecule has 0 saturated carbocycles. The summed E-state index contributed by atoms with van der Waals surface area (Å²) in [5.74, 6) is 0. The highest BCUT2D eigenvalue weighted by atomic mass is 15.0. The van der Waals surface area contributed by atoms with E-state index in [4.69, 9.17) is 0 Å². The van der Waals surface area contributed by atoms with Gasteiger partial charge in [0.25, 0.3) is 0 Å². The van der Waals surface area contributed by atoms with Crippen LogP contribution in [0, 0.1) is 0 Å². The Bertz CT molecular complexity index is 2790. The monoisotopic (exact) mass is 644 g/mol. The first-order chi connectivity index (χ1) is 24.3. The van der Waals surface area contributed by atoms with E-state index >= 15 is 0 Å². The van der Waals surface area contributed by atoms with Gasteiger partial charge in [0.15, 0.2) is 0 Å². The molecule has 2 heteroatoms. The van der Waals surface area contributed by atoms with Gasteiger partial charge in [-0.1, -0.05) is 131 Å². The van der Waals surface area contributed by atoms with Gasteiger partial charge >= 0.3 is 0 Å². The number of aromatic nitrogens is 2. The second-order valence-electron chi connectivity index (χ2n) is 15.6. The highest BCUT2D eigenvalue weighted by Crippen LogP contribution is 2.51. The summed E-state index contributed by atoms with van der Waals surface area (Å²) in [6.07, 6.45) is 2.36. The second kappa shape index (κ2) is 10.5. The molecular formula is C48H40N2. The first kappa shape index (κ1) is 29.3. The first-order valence-corrected chi connectivity index (χ1v) is 18.0. The molecule has 0 bridgehead atoms. The largest absolute Gasteiger partial charge is 0.307 e. The molecule has 2 heterocycles. The maximum absolute atomic E-state index is 2.60. The molecule has 0 unspecified atom stereocenters. The molecule has 2 aromatic heterocycles. The van der Waals surface area contributed by atoms with Crippen LogP contribution < -0.4 is 0 Å². The minimum Gasteiger partial charge on any atom is -0.307 e. The molecule has 7 aromatic carbocycles. The van der Waals surface area contributed by atoms with Crippen molar-refractivity contribution in [3.05, 3.63) is 157 Å². The maximum atomic E-state index is 2.60. The van der Waals surface area contributed by atoms with Crippen molar-refractivity contribution in [3.8, 4) is 22.5 Å². The summed E-state index contributed by atoms with van der Waals surface area (Å²) in [6, 6.07) is 54.1. The molecule has 0 atom stereocenters. The lowest BCUT2D eigenvalue weighted by Crippen LogP contribution is -2.33. The van der Waals surface area contributed by atoms with E-state index in [0.29, 0.717) is 0 Å². The molecule has 50 heavy (non-hydrogen) atoms. The van der Waals surface area contributed by atoms with Crippen molar-refractivity contribution in [1.29, 1.82) is 0 Å². The molecule has 0 N–H and O–H groups in total. The van der Waals surface area contributed by atoms with Crippen molar-refractivity contribution in [2.45, 2.75) is 51.4 Å². The van der Waals surface area contributed by atoms with E-state index < -0.39 is 0 Å². The number of hydrogen-bond donors (Lipinski definition) is 0. The Balaban J connectivity index is 1.50. The van der Waals surface area contributed by atoms with E-state index in [1.165, 1.54) is 101 Å². The minimum absolute atomic E-state index is 0.0859. The third-order valence-corrected chi connectivity index (χ3v) is 11.7. The lowest BCUT2D eigenvalue weighted by Gasteiger charge is -2.42. The fourth-order valence-corrected chi connectivity index (χ4v) is 9.07. The number of fused-ring (bicyclic) bond motifs is 11. The molecule has 1 aliphatic rings. The van der Waals surface area contributed by atoms with Crippen LogP contribution in [0.25, 0.3) is 76.9 Å². The number of hydrogen-bond acceptors (Lipinski definition) is 0. The number of nitrogens with zero attached hydrogens (tertiary/aromatic N) is 2. The van der Waals surface area contributed by atoms with Crippen molar-refractivity contribution in [2.24, 2.45) is 0 Å². The molecule has 0 fully saturated rings. The molecule has 0 amide bonds. The Morgan fingerprint density at radius 3 is 1.58 bits per heavy atom. The highest BCUT2D eigenvalue weighted by Gasteiger charge is 2.38. The molecule has 9 aromatic rings.